The van der Waals surface area contributed by atoms with Gasteiger partial charge >= 0.3 is 0 Å². The second-order valence-electron chi connectivity index (χ2n) is 4.86. The first-order valence-electron chi connectivity index (χ1n) is 4.36. The quantitative estimate of drug-likeness (QED) is 0.539. The number of nitrogens with zero attached hydrogens (tertiary/aromatic N) is 1. The lowest BCUT2D eigenvalue weighted by Crippen LogP contribution is -2.62. The molecule has 0 spiro atoms. The Kier molecular flexibility index (Phi) is 4.26. The highest BCUT2D eigenvalue weighted by molar-refractivity contribution is 7.24. The smallest absolute Gasteiger partial charge is 0.210 e. The van der Waals surface area contributed by atoms with Crippen LogP contribution in [0, 0.1) is 0 Å². The van der Waals surface area contributed by atoms with Gasteiger partial charge in [0, 0.05) is 0 Å². The van der Waals surface area contributed by atoms with Crippen molar-refractivity contribution in [2.24, 2.45) is 0 Å². The number of halogens is 1. The Hall–Kier alpha value is 0.901. The molecule has 1 radical (unpaired) electrons. The fraction of sp³-hybridized carbons (Fsp3) is 1.00. The van der Waals surface area contributed by atoms with Crippen molar-refractivity contribution in [1.82, 2.24) is 3.90 Å². The summed E-state index contributed by atoms with van der Waals surface area (Å²) in [7, 11) is -3.11. The highest BCUT2D eigenvalue weighted by Gasteiger charge is 2.38. The van der Waals surface area contributed by atoms with Crippen molar-refractivity contribution in [1.29, 1.82) is 0 Å². The van der Waals surface area contributed by atoms with Crippen molar-refractivity contribution < 1.29 is 0 Å². The Morgan fingerprint density at radius 3 is 1.33 bits per heavy atom. The molecule has 0 aromatic heterocycles. The van der Waals surface area contributed by atoms with Crippen LogP contribution in [0.15, 0.2) is 0 Å². The third-order valence-electron chi connectivity index (χ3n) is 1.65. The lowest BCUT2D eigenvalue weighted by atomic mass is 11.8. The molecule has 0 unspecified atom stereocenters. The van der Waals surface area contributed by atoms with E-state index in [9.17, 15) is 0 Å². The van der Waals surface area contributed by atoms with Crippen LogP contribution in [0.2, 0.25) is 45.8 Å². The van der Waals surface area contributed by atoms with E-state index in [1.165, 1.54) is 0 Å². The molecule has 0 N–H and O–H groups in total. The first-order valence-corrected chi connectivity index (χ1v) is 14.2. The summed E-state index contributed by atoms with van der Waals surface area (Å²) < 4.78 is 2.69. The molecule has 0 bridgehead atoms. The Morgan fingerprint density at radius 1 is 1.00 bits per heavy atom. The van der Waals surface area contributed by atoms with E-state index in [1.807, 2.05) is 0 Å². The van der Waals surface area contributed by atoms with Crippen LogP contribution >= 0.6 is 11.1 Å². The molecule has 0 aliphatic carbocycles. The van der Waals surface area contributed by atoms with E-state index in [0.717, 1.165) is 0 Å². The van der Waals surface area contributed by atoms with E-state index < -0.39 is 15.8 Å². The molecular weight excluding hydrogens is 218 g/mol. The first-order chi connectivity index (χ1) is 5.07. The molecule has 0 fully saturated rings. The number of hydrogen-bond donors (Lipinski definition) is 0. The molecule has 0 saturated carbocycles. The van der Waals surface area contributed by atoms with Gasteiger partial charge in [-0.1, -0.05) is 32.7 Å². The molecule has 0 aliphatic rings. The molecule has 0 aromatic carbocycles. The highest BCUT2D eigenvalue weighted by atomic mass is 35.6. The molecule has 0 saturated heterocycles. The second-order valence-corrected chi connectivity index (χ2v) is 19.4. The average Bonchev–Trinajstić information content (AvgIpc) is 1.49. The fourth-order valence-electron chi connectivity index (χ4n) is 2.00. The van der Waals surface area contributed by atoms with E-state index in [0.29, 0.717) is 0 Å². The van der Waals surface area contributed by atoms with Gasteiger partial charge in [-0.15, -0.1) is 11.1 Å². The van der Waals surface area contributed by atoms with Gasteiger partial charge in [-0.2, -0.15) is 0 Å². The van der Waals surface area contributed by atoms with Crippen LogP contribution in [0.4, 0.5) is 0 Å². The Labute approximate surface area is 85.7 Å². The van der Waals surface area contributed by atoms with Gasteiger partial charge in [-0.25, -0.2) is 0 Å². The van der Waals surface area contributed by atoms with E-state index in [2.05, 4.69) is 49.7 Å². The summed E-state index contributed by atoms with van der Waals surface area (Å²) in [5.41, 5.74) is 0. The summed E-state index contributed by atoms with van der Waals surface area (Å²) in [5.74, 6) is 0. The van der Waals surface area contributed by atoms with Gasteiger partial charge in [-0.05, 0) is 13.1 Å². The maximum Gasteiger partial charge on any atom is 0.210 e. The van der Waals surface area contributed by atoms with Crippen molar-refractivity contribution in [2.75, 3.05) is 0 Å². The van der Waals surface area contributed by atoms with E-state index >= 15 is 0 Å². The molecule has 1 nitrogen and oxygen atoms in total. The summed E-state index contributed by atoms with van der Waals surface area (Å²) in [4.78, 5) is 0. The molecule has 0 atom stereocenters. The van der Waals surface area contributed by atoms with E-state index in [-0.39, 0.29) is 8.96 Å². The van der Waals surface area contributed by atoms with Crippen molar-refractivity contribution in [3.05, 3.63) is 0 Å². The Morgan fingerprint density at radius 2 is 1.33 bits per heavy atom. The minimum atomic E-state index is -1.57. The molecular formula is C7H21ClNSi3. The highest BCUT2D eigenvalue weighted by Crippen LogP contribution is 2.24. The predicted molar refractivity (Wildman–Crippen MR) is 66.0 cm³/mol. The summed E-state index contributed by atoms with van der Waals surface area (Å²) in [6.45, 7) is 16.3. The van der Waals surface area contributed by atoms with Crippen LogP contribution in [0.1, 0.15) is 0 Å². The molecule has 0 aliphatic heterocycles. The Bertz CT molecular complexity index is 134. The largest absolute Gasteiger partial charge is 0.357 e. The standard InChI is InChI=1S/C7H21ClNSi3/c1-10(2)9(11(3,4)5)12(6,7)8/h1-7H3. The normalized spacial score (nSPS) is 14.5. The fourth-order valence-corrected chi connectivity index (χ4v) is 21.8. The van der Waals surface area contributed by atoms with Crippen molar-refractivity contribution in [2.45, 2.75) is 45.8 Å². The van der Waals surface area contributed by atoms with Gasteiger partial charge in [0.1, 0.15) is 17.2 Å². The zero-order valence-electron chi connectivity index (χ0n) is 9.33. The third kappa shape index (κ3) is 3.74. The molecule has 73 valence electrons. The zero-order chi connectivity index (χ0) is 10.2. The van der Waals surface area contributed by atoms with Gasteiger partial charge in [0.25, 0.3) is 0 Å². The van der Waals surface area contributed by atoms with Crippen LogP contribution in [0.25, 0.3) is 0 Å². The van der Waals surface area contributed by atoms with Crippen LogP contribution in [-0.2, 0) is 0 Å². The molecule has 0 heterocycles. The summed E-state index contributed by atoms with van der Waals surface area (Å²) in [5, 5.41) is 0. The average molecular weight is 239 g/mol. The van der Waals surface area contributed by atoms with Crippen molar-refractivity contribution >= 4 is 35.8 Å². The summed E-state index contributed by atoms with van der Waals surface area (Å²) >= 11 is 6.50. The predicted octanol–water partition coefficient (Wildman–Crippen LogP) is 3.32. The Balaban J connectivity index is 4.70. The monoisotopic (exact) mass is 238 g/mol. The van der Waals surface area contributed by atoms with Crippen molar-refractivity contribution in [3.8, 4) is 0 Å². The number of rotatable bonds is 3. The minimum Gasteiger partial charge on any atom is -0.357 e. The van der Waals surface area contributed by atoms with Crippen molar-refractivity contribution in [3.63, 3.8) is 0 Å². The van der Waals surface area contributed by atoms with Gasteiger partial charge in [0.05, 0.1) is 0 Å². The lowest BCUT2D eigenvalue weighted by Gasteiger charge is -2.44. The van der Waals surface area contributed by atoms with Gasteiger partial charge in [-0.3, -0.25) is 0 Å². The maximum atomic E-state index is 6.50. The summed E-state index contributed by atoms with van der Waals surface area (Å²) in [6.07, 6.45) is 0. The SMILES string of the molecule is C[Si](C)N([Si](C)(C)C)[Si](C)(C)Cl. The van der Waals surface area contributed by atoms with Gasteiger partial charge in [0.15, 0.2) is 0 Å². The molecule has 0 aromatic rings. The van der Waals surface area contributed by atoms with E-state index in [4.69, 9.17) is 11.1 Å². The molecule has 0 amide bonds. The van der Waals surface area contributed by atoms with Gasteiger partial charge < -0.3 is 3.90 Å². The maximum absolute atomic E-state index is 6.50. The van der Waals surface area contributed by atoms with Crippen LogP contribution < -0.4 is 0 Å². The van der Waals surface area contributed by atoms with E-state index in [1.54, 1.807) is 0 Å². The molecule has 5 heteroatoms. The second kappa shape index (κ2) is 3.96. The lowest BCUT2D eigenvalue weighted by molar-refractivity contribution is 0.953. The topological polar surface area (TPSA) is 3.24 Å². The van der Waals surface area contributed by atoms with Crippen LogP contribution in [0.5, 0.6) is 0 Å². The number of hydrogen-bond acceptors (Lipinski definition) is 1. The van der Waals surface area contributed by atoms with Crippen LogP contribution in [-0.4, -0.2) is 28.6 Å². The third-order valence-corrected chi connectivity index (χ3v) is 16.4. The molecule has 12 heavy (non-hydrogen) atoms. The zero-order valence-corrected chi connectivity index (χ0v) is 13.1. The summed E-state index contributed by atoms with van der Waals surface area (Å²) in [6, 6.07) is 0. The molecule has 0 rings (SSSR count). The van der Waals surface area contributed by atoms with Crippen LogP contribution in [0.3, 0.4) is 0 Å². The first kappa shape index (κ1) is 12.9. The van der Waals surface area contributed by atoms with Gasteiger partial charge in [0.2, 0.25) is 7.55 Å². The minimum absolute atomic E-state index is 0.363.